The normalized spacial score (nSPS) is 13.7. The number of hydrogen-bond acceptors (Lipinski definition) is 2. The number of nitrogens with zero attached hydrogens (tertiary/aromatic N) is 1. The monoisotopic (exact) mass is 169 g/mol. The van der Waals surface area contributed by atoms with E-state index >= 15 is 0 Å². The Balaban J connectivity index is 0.000000261. The lowest BCUT2D eigenvalue weighted by molar-refractivity contribution is -0.134. The molecular weight excluding hydrogens is 154 g/mol. The zero-order valence-electron chi connectivity index (χ0n) is 7.53. The van der Waals surface area contributed by atoms with Gasteiger partial charge in [0.2, 0.25) is 0 Å². The molecule has 0 bridgehead atoms. The van der Waals surface area contributed by atoms with Gasteiger partial charge in [-0.3, -0.25) is 4.79 Å². The van der Waals surface area contributed by atoms with Gasteiger partial charge in [-0.15, -0.1) is 0 Å². The maximum atomic E-state index is 9.00. The van der Waals surface area contributed by atoms with Crippen molar-refractivity contribution in [2.75, 3.05) is 13.1 Å². The van der Waals surface area contributed by atoms with E-state index in [1.54, 1.807) is 0 Å². The van der Waals surface area contributed by atoms with Gasteiger partial charge in [-0.25, -0.2) is 0 Å². The van der Waals surface area contributed by atoms with Gasteiger partial charge in [-0.1, -0.05) is 12.2 Å². The SMILES string of the molecule is CC(=O)O.CCN1C=CC=CC1. The lowest BCUT2D eigenvalue weighted by Gasteiger charge is -2.16. The molecule has 0 aliphatic carbocycles. The zero-order valence-corrected chi connectivity index (χ0v) is 7.53. The molecule has 1 aliphatic rings. The molecule has 1 N–H and O–H groups in total. The highest BCUT2D eigenvalue weighted by Crippen LogP contribution is 1.95. The van der Waals surface area contributed by atoms with Crippen LogP contribution in [0.25, 0.3) is 0 Å². The van der Waals surface area contributed by atoms with E-state index in [4.69, 9.17) is 9.90 Å². The molecule has 0 aromatic heterocycles. The molecule has 0 saturated carbocycles. The van der Waals surface area contributed by atoms with Gasteiger partial charge in [0.15, 0.2) is 0 Å². The first-order chi connectivity index (χ1) is 5.66. The molecule has 0 saturated heterocycles. The lowest BCUT2D eigenvalue weighted by atomic mass is 10.3. The largest absolute Gasteiger partial charge is 0.481 e. The van der Waals surface area contributed by atoms with Gasteiger partial charge in [0.1, 0.15) is 0 Å². The third kappa shape index (κ3) is 6.86. The van der Waals surface area contributed by atoms with Crippen LogP contribution in [0.1, 0.15) is 13.8 Å². The molecule has 3 nitrogen and oxygen atoms in total. The summed E-state index contributed by atoms with van der Waals surface area (Å²) in [5, 5.41) is 7.42. The Morgan fingerprint density at radius 3 is 2.42 bits per heavy atom. The summed E-state index contributed by atoms with van der Waals surface area (Å²) in [4.78, 5) is 11.2. The minimum absolute atomic E-state index is 0.833. The predicted molar refractivity (Wildman–Crippen MR) is 48.8 cm³/mol. The van der Waals surface area contributed by atoms with Crippen LogP contribution in [-0.4, -0.2) is 29.1 Å². The zero-order chi connectivity index (χ0) is 9.40. The standard InChI is InChI=1S/C7H11N.C2H4O2/c1-2-8-6-4-3-5-7-8;1-2(3)4/h3-6H,2,7H2,1H3;1H3,(H,3,4). The van der Waals surface area contributed by atoms with E-state index in [9.17, 15) is 0 Å². The van der Waals surface area contributed by atoms with Crippen molar-refractivity contribution in [2.24, 2.45) is 0 Å². The molecule has 0 aromatic carbocycles. The highest BCUT2D eigenvalue weighted by Gasteiger charge is 1.91. The van der Waals surface area contributed by atoms with Crippen LogP contribution in [0.15, 0.2) is 24.4 Å². The van der Waals surface area contributed by atoms with Crippen molar-refractivity contribution in [3.63, 3.8) is 0 Å². The summed E-state index contributed by atoms with van der Waals surface area (Å²) >= 11 is 0. The molecule has 1 aliphatic heterocycles. The van der Waals surface area contributed by atoms with E-state index in [1.807, 2.05) is 0 Å². The third-order valence-corrected chi connectivity index (χ3v) is 1.29. The highest BCUT2D eigenvalue weighted by molar-refractivity contribution is 5.62. The molecular formula is C9H15NO2. The second kappa shape index (κ2) is 6.46. The smallest absolute Gasteiger partial charge is 0.300 e. The third-order valence-electron chi connectivity index (χ3n) is 1.29. The lowest BCUT2D eigenvalue weighted by Crippen LogP contribution is -2.17. The number of carbonyl (C=O) groups is 1. The average molecular weight is 169 g/mol. The first-order valence-electron chi connectivity index (χ1n) is 3.93. The fraction of sp³-hybridized carbons (Fsp3) is 0.444. The number of carboxylic acids is 1. The number of likely N-dealkylation sites (N-methyl/N-ethyl adjacent to an activating group) is 1. The van der Waals surface area contributed by atoms with Gasteiger partial charge in [0.25, 0.3) is 5.97 Å². The van der Waals surface area contributed by atoms with Crippen molar-refractivity contribution < 1.29 is 9.90 Å². The molecule has 0 unspecified atom stereocenters. The quantitative estimate of drug-likeness (QED) is 0.646. The van der Waals surface area contributed by atoms with Gasteiger partial charge in [-0.2, -0.15) is 0 Å². The Kier molecular flexibility index (Phi) is 5.79. The first kappa shape index (κ1) is 10.8. The van der Waals surface area contributed by atoms with E-state index in [2.05, 4.69) is 36.3 Å². The first-order valence-corrected chi connectivity index (χ1v) is 3.93. The Bertz CT molecular complexity index is 181. The molecule has 0 fully saturated rings. The van der Waals surface area contributed by atoms with Crippen LogP contribution < -0.4 is 0 Å². The number of carboxylic acid groups (broad SMARTS) is 1. The average Bonchev–Trinajstić information content (AvgIpc) is 2.05. The fourth-order valence-corrected chi connectivity index (χ4v) is 0.742. The molecule has 1 heterocycles. The van der Waals surface area contributed by atoms with Crippen LogP contribution >= 0.6 is 0 Å². The summed E-state index contributed by atoms with van der Waals surface area (Å²) in [6.07, 6.45) is 8.41. The molecule has 68 valence electrons. The van der Waals surface area contributed by atoms with Crippen molar-refractivity contribution in [1.82, 2.24) is 4.90 Å². The minimum Gasteiger partial charge on any atom is -0.481 e. The maximum Gasteiger partial charge on any atom is 0.300 e. The van der Waals surface area contributed by atoms with Gasteiger partial charge in [0.05, 0.1) is 0 Å². The number of allylic oxidation sites excluding steroid dienone is 2. The van der Waals surface area contributed by atoms with Gasteiger partial charge >= 0.3 is 0 Å². The second-order valence-electron chi connectivity index (χ2n) is 2.38. The minimum atomic E-state index is -0.833. The van der Waals surface area contributed by atoms with Crippen molar-refractivity contribution in [2.45, 2.75) is 13.8 Å². The Morgan fingerprint density at radius 2 is 2.17 bits per heavy atom. The summed E-state index contributed by atoms with van der Waals surface area (Å²) in [6, 6.07) is 0. The highest BCUT2D eigenvalue weighted by atomic mass is 16.4. The van der Waals surface area contributed by atoms with E-state index in [0.29, 0.717) is 0 Å². The summed E-state index contributed by atoms with van der Waals surface area (Å²) in [6.45, 7) is 5.43. The van der Waals surface area contributed by atoms with Crippen molar-refractivity contribution in [3.05, 3.63) is 24.4 Å². The molecule has 0 amide bonds. The number of aliphatic carboxylic acids is 1. The fourth-order valence-electron chi connectivity index (χ4n) is 0.742. The van der Waals surface area contributed by atoms with E-state index in [0.717, 1.165) is 20.0 Å². The number of rotatable bonds is 1. The molecule has 0 atom stereocenters. The number of hydrogen-bond donors (Lipinski definition) is 1. The van der Waals surface area contributed by atoms with Crippen molar-refractivity contribution in [1.29, 1.82) is 0 Å². The van der Waals surface area contributed by atoms with Crippen molar-refractivity contribution in [3.8, 4) is 0 Å². The van der Waals surface area contributed by atoms with Crippen LogP contribution in [0, 0.1) is 0 Å². The van der Waals surface area contributed by atoms with Crippen LogP contribution in [0.5, 0.6) is 0 Å². The van der Waals surface area contributed by atoms with Crippen LogP contribution in [0.4, 0.5) is 0 Å². The molecule has 12 heavy (non-hydrogen) atoms. The molecule has 0 aromatic rings. The predicted octanol–water partition coefficient (Wildman–Crippen LogP) is 1.48. The summed E-state index contributed by atoms with van der Waals surface area (Å²) < 4.78 is 0. The van der Waals surface area contributed by atoms with Crippen LogP contribution in [0.3, 0.4) is 0 Å². The summed E-state index contributed by atoms with van der Waals surface area (Å²) in [5.41, 5.74) is 0. The van der Waals surface area contributed by atoms with Crippen LogP contribution in [-0.2, 0) is 4.79 Å². The molecule has 3 heteroatoms. The van der Waals surface area contributed by atoms with Crippen LogP contribution in [0.2, 0.25) is 0 Å². The Hall–Kier alpha value is -1.25. The van der Waals surface area contributed by atoms with Gasteiger partial charge in [0, 0.05) is 20.0 Å². The Morgan fingerprint density at radius 1 is 1.58 bits per heavy atom. The van der Waals surface area contributed by atoms with Crippen molar-refractivity contribution >= 4 is 5.97 Å². The maximum absolute atomic E-state index is 9.00. The summed E-state index contributed by atoms with van der Waals surface area (Å²) in [7, 11) is 0. The van der Waals surface area contributed by atoms with E-state index in [1.165, 1.54) is 0 Å². The summed E-state index contributed by atoms with van der Waals surface area (Å²) in [5.74, 6) is -0.833. The molecule has 0 radical (unpaired) electrons. The van der Waals surface area contributed by atoms with E-state index < -0.39 is 5.97 Å². The Labute approximate surface area is 73.0 Å². The van der Waals surface area contributed by atoms with Gasteiger partial charge in [-0.05, 0) is 19.2 Å². The van der Waals surface area contributed by atoms with E-state index in [-0.39, 0.29) is 0 Å². The molecule has 0 spiro atoms. The second-order valence-corrected chi connectivity index (χ2v) is 2.38. The van der Waals surface area contributed by atoms with Gasteiger partial charge < -0.3 is 10.0 Å². The topological polar surface area (TPSA) is 40.5 Å². The molecule has 1 rings (SSSR count).